The molecule has 26 heavy (non-hydrogen) atoms. The van der Waals surface area contributed by atoms with Crippen molar-refractivity contribution in [1.82, 2.24) is 10.3 Å². The molecule has 0 spiro atoms. The highest BCUT2D eigenvalue weighted by Crippen LogP contribution is 2.24. The molecule has 0 aliphatic heterocycles. The van der Waals surface area contributed by atoms with E-state index >= 15 is 0 Å². The number of rotatable bonds is 8. The van der Waals surface area contributed by atoms with Crippen LogP contribution in [-0.2, 0) is 0 Å². The SMILES string of the molecule is CC(O)CC(CNC(c1ccccc1)c1ccccn1)c1ccccc1. The molecule has 3 rings (SSSR count). The van der Waals surface area contributed by atoms with E-state index in [1.807, 2.05) is 37.4 Å². The average Bonchev–Trinajstić information content (AvgIpc) is 2.69. The number of pyridine rings is 1. The fourth-order valence-corrected chi connectivity index (χ4v) is 3.32. The van der Waals surface area contributed by atoms with Crippen molar-refractivity contribution in [3.8, 4) is 0 Å². The van der Waals surface area contributed by atoms with Crippen molar-refractivity contribution in [3.05, 3.63) is 102 Å². The monoisotopic (exact) mass is 346 g/mol. The number of aromatic nitrogens is 1. The second-order valence-electron chi connectivity index (χ2n) is 6.70. The van der Waals surface area contributed by atoms with E-state index in [9.17, 15) is 5.11 Å². The van der Waals surface area contributed by atoms with Gasteiger partial charge in [0.05, 0.1) is 17.8 Å². The number of hydrogen-bond donors (Lipinski definition) is 2. The first-order valence-electron chi connectivity index (χ1n) is 9.16. The van der Waals surface area contributed by atoms with Crippen LogP contribution in [0.2, 0.25) is 0 Å². The smallest absolute Gasteiger partial charge is 0.0751 e. The maximum absolute atomic E-state index is 9.94. The van der Waals surface area contributed by atoms with Crippen LogP contribution in [0.5, 0.6) is 0 Å². The van der Waals surface area contributed by atoms with Crippen molar-refractivity contribution in [2.24, 2.45) is 0 Å². The molecule has 2 N–H and O–H groups in total. The zero-order valence-corrected chi connectivity index (χ0v) is 15.1. The Balaban J connectivity index is 1.81. The zero-order valence-electron chi connectivity index (χ0n) is 15.1. The van der Waals surface area contributed by atoms with Crippen LogP contribution in [0.25, 0.3) is 0 Å². The third-order valence-electron chi connectivity index (χ3n) is 4.58. The van der Waals surface area contributed by atoms with Crippen LogP contribution in [0.1, 0.15) is 42.1 Å². The summed E-state index contributed by atoms with van der Waals surface area (Å²) in [4.78, 5) is 4.56. The molecule has 1 aromatic heterocycles. The Morgan fingerprint density at radius 2 is 1.46 bits per heavy atom. The Kier molecular flexibility index (Phi) is 6.53. The van der Waals surface area contributed by atoms with Crippen molar-refractivity contribution >= 4 is 0 Å². The predicted molar refractivity (Wildman–Crippen MR) is 106 cm³/mol. The first-order chi connectivity index (χ1) is 12.7. The van der Waals surface area contributed by atoms with Gasteiger partial charge in [-0.3, -0.25) is 4.98 Å². The van der Waals surface area contributed by atoms with Gasteiger partial charge in [0.1, 0.15) is 0 Å². The highest BCUT2D eigenvalue weighted by Gasteiger charge is 2.19. The maximum atomic E-state index is 9.94. The van der Waals surface area contributed by atoms with E-state index < -0.39 is 0 Å². The van der Waals surface area contributed by atoms with E-state index in [2.05, 4.69) is 64.9 Å². The van der Waals surface area contributed by atoms with E-state index in [1.54, 1.807) is 0 Å². The molecule has 3 atom stereocenters. The molecule has 0 saturated carbocycles. The molecule has 3 heteroatoms. The molecule has 0 amide bonds. The van der Waals surface area contributed by atoms with Crippen molar-refractivity contribution in [2.75, 3.05) is 6.54 Å². The summed E-state index contributed by atoms with van der Waals surface area (Å²) in [5.74, 6) is 0.242. The van der Waals surface area contributed by atoms with Gasteiger partial charge in [0.15, 0.2) is 0 Å². The first kappa shape index (κ1) is 18.3. The largest absolute Gasteiger partial charge is 0.393 e. The second-order valence-corrected chi connectivity index (χ2v) is 6.70. The minimum absolute atomic E-state index is 0.0256. The Morgan fingerprint density at radius 1 is 0.846 bits per heavy atom. The van der Waals surface area contributed by atoms with Gasteiger partial charge in [-0.15, -0.1) is 0 Å². The van der Waals surface area contributed by atoms with Crippen LogP contribution >= 0.6 is 0 Å². The van der Waals surface area contributed by atoms with Gasteiger partial charge in [-0.05, 0) is 42.5 Å². The van der Waals surface area contributed by atoms with Crippen LogP contribution in [0.3, 0.4) is 0 Å². The van der Waals surface area contributed by atoms with Crippen LogP contribution in [0, 0.1) is 0 Å². The lowest BCUT2D eigenvalue weighted by Crippen LogP contribution is -2.29. The number of aliphatic hydroxyl groups excluding tert-OH is 1. The molecule has 0 aliphatic carbocycles. The summed E-state index contributed by atoms with van der Waals surface area (Å²) in [6.45, 7) is 2.62. The van der Waals surface area contributed by atoms with Gasteiger partial charge in [-0.25, -0.2) is 0 Å². The van der Waals surface area contributed by atoms with E-state index in [0.717, 1.165) is 18.7 Å². The molecule has 2 aromatic carbocycles. The summed E-state index contributed by atoms with van der Waals surface area (Å²) < 4.78 is 0. The summed E-state index contributed by atoms with van der Waals surface area (Å²) in [7, 11) is 0. The van der Waals surface area contributed by atoms with Crippen LogP contribution in [0.15, 0.2) is 85.1 Å². The molecule has 134 valence electrons. The lowest BCUT2D eigenvalue weighted by molar-refractivity contribution is 0.173. The van der Waals surface area contributed by atoms with Gasteiger partial charge < -0.3 is 10.4 Å². The van der Waals surface area contributed by atoms with Crippen molar-refractivity contribution in [2.45, 2.75) is 31.4 Å². The van der Waals surface area contributed by atoms with Crippen molar-refractivity contribution in [1.29, 1.82) is 0 Å². The molecule has 0 aliphatic rings. The van der Waals surface area contributed by atoms with E-state index in [0.29, 0.717) is 0 Å². The second kappa shape index (κ2) is 9.27. The maximum Gasteiger partial charge on any atom is 0.0751 e. The number of benzene rings is 2. The standard InChI is InChI=1S/C23H26N2O/c1-18(26)16-21(19-10-4-2-5-11-19)17-25-23(20-12-6-3-7-13-20)22-14-8-9-15-24-22/h2-15,18,21,23,25-26H,16-17H2,1H3. The molecule has 1 heterocycles. The molecule has 0 fully saturated rings. The molecular weight excluding hydrogens is 320 g/mol. The molecule has 3 unspecified atom stereocenters. The summed E-state index contributed by atoms with van der Waals surface area (Å²) in [6, 6.07) is 26.8. The highest BCUT2D eigenvalue weighted by atomic mass is 16.3. The molecule has 3 nitrogen and oxygen atoms in total. The molecule has 0 radical (unpaired) electrons. The fourth-order valence-electron chi connectivity index (χ4n) is 3.32. The van der Waals surface area contributed by atoms with Crippen LogP contribution < -0.4 is 5.32 Å². The number of hydrogen-bond acceptors (Lipinski definition) is 3. The van der Waals surface area contributed by atoms with E-state index in [-0.39, 0.29) is 18.1 Å². The molecular formula is C23H26N2O. The predicted octanol–water partition coefficient (Wildman–Crippen LogP) is 4.32. The lowest BCUT2D eigenvalue weighted by atomic mass is 9.92. The van der Waals surface area contributed by atoms with Crippen molar-refractivity contribution < 1.29 is 5.11 Å². The van der Waals surface area contributed by atoms with Crippen molar-refractivity contribution in [3.63, 3.8) is 0 Å². The number of nitrogens with zero attached hydrogens (tertiary/aromatic N) is 1. The first-order valence-corrected chi connectivity index (χ1v) is 9.16. The minimum atomic E-state index is -0.341. The summed E-state index contributed by atoms with van der Waals surface area (Å²) in [5.41, 5.74) is 3.44. The Morgan fingerprint density at radius 3 is 2.04 bits per heavy atom. The van der Waals surface area contributed by atoms with Gasteiger partial charge >= 0.3 is 0 Å². The minimum Gasteiger partial charge on any atom is -0.393 e. The number of aliphatic hydroxyl groups is 1. The Hall–Kier alpha value is -2.49. The molecule has 3 aromatic rings. The quantitative estimate of drug-likeness (QED) is 0.639. The van der Waals surface area contributed by atoms with Gasteiger partial charge in [0.2, 0.25) is 0 Å². The fraction of sp³-hybridized carbons (Fsp3) is 0.261. The van der Waals surface area contributed by atoms with E-state index in [1.165, 1.54) is 11.1 Å². The lowest BCUT2D eigenvalue weighted by Gasteiger charge is -2.24. The van der Waals surface area contributed by atoms with E-state index in [4.69, 9.17) is 0 Å². The highest BCUT2D eigenvalue weighted by molar-refractivity contribution is 5.28. The van der Waals surface area contributed by atoms with Gasteiger partial charge in [0, 0.05) is 12.7 Å². The molecule has 0 bridgehead atoms. The Bertz CT molecular complexity index is 720. The zero-order chi connectivity index (χ0) is 18.2. The Labute approximate surface area is 155 Å². The van der Waals surface area contributed by atoms with Crippen LogP contribution in [0.4, 0.5) is 0 Å². The van der Waals surface area contributed by atoms with Gasteiger partial charge in [0.25, 0.3) is 0 Å². The summed E-state index contributed by atoms with van der Waals surface area (Å²) >= 11 is 0. The summed E-state index contributed by atoms with van der Waals surface area (Å²) in [6.07, 6.45) is 2.21. The third-order valence-corrected chi connectivity index (χ3v) is 4.58. The number of nitrogens with one attached hydrogen (secondary N) is 1. The summed E-state index contributed by atoms with van der Waals surface area (Å²) in [5, 5.41) is 13.6. The average molecular weight is 346 g/mol. The third kappa shape index (κ3) is 5.01. The topological polar surface area (TPSA) is 45.1 Å². The molecule has 0 saturated heterocycles. The van der Waals surface area contributed by atoms with Gasteiger partial charge in [-0.2, -0.15) is 0 Å². The van der Waals surface area contributed by atoms with Crippen LogP contribution in [-0.4, -0.2) is 22.7 Å². The normalized spacial score (nSPS) is 14.5. The van der Waals surface area contributed by atoms with Gasteiger partial charge in [-0.1, -0.05) is 66.7 Å².